The highest BCUT2D eigenvalue weighted by atomic mass is 15.2. The molecule has 5 nitrogen and oxygen atoms in total. The van der Waals surface area contributed by atoms with E-state index in [0.29, 0.717) is 0 Å². The lowest BCUT2D eigenvalue weighted by atomic mass is 10.2. The van der Waals surface area contributed by atoms with E-state index in [-0.39, 0.29) is 0 Å². The normalized spacial score (nSPS) is 13.0. The maximum Gasteiger partial charge on any atom is 0.0835 e. The van der Waals surface area contributed by atoms with E-state index in [1.807, 2.05) is 98.3 Å². The van der Waals surface area contributed by atoms with Crippen LogP contribution in [-0.4, -0.2) is 28.4 Å². The maximum absolute atomic E-state index is 4.32. The van der Waals surface area contributed by atoms with Gasteiger partial charge < -0.3 is 4.57 Å². The Labute approximate surface area is 165 Å². The van der Waals surface area contributed by atoms with Crippen LogP contribution in [0.4, 0.5) is 0 Å². The fourth-order valence-electron chi connectivity index (χ4n) is 2.78. The Balaban J connectivity index is 1.73. The third kappa shape index (κ3) is 4.98. The Bertz CT molecular complexity index is 942. The predicted octanol–water partition coefficient (Wildman–Crippen LogP) is 4.71. The zero-order valence-corrected chi connectivity index (χ0v) is 16.3. The van der Waals surface area contributed by atoms with E-state index in [4.69, 9.17) is 0 Å². The zero-order chi connectivity index (χ0) is 19.8. The van der Waals surface area contributed by atoms with Crippen molar-refractivity contribution in [3.63, 3.8) is 0 Å². The summed E-state index contributed by atoms with van der Waals surface area (Å²) in [6.45, 7) is 3.89. The van der Waals surface area contributed by atoms with Crippen LogP contribution in [0.5, 0.6) is 0 Å². The van der Waals surface area contributed by atoms with Crippen molar-refractivity contribution in [1.82, 2.24) is 4.57 Å². The van der Waals surface area contributed by atoms with E-state index in [1.54, 1.807) is 12.4 Å². The number of rotatable bonds is 6. The highest BCUT2D eigenvalue weighted by Crippen LogP contribution is 2.11. The van der Waals surface area contributed by atoms with Gasteiger partial charge in [0, 0.05) is 7.05 Å². The Morgan fingerprint density at radius 1 is 0.643 bits per heavy atom. The van der Waals surface area contributed by atoms with E-state index in [0.717, 1.165) is 33.9 Å². The summed E-state index contributed by atoms with van der Waals surface area (Å²) in [6, 6.07) is 23.9. The van der Waals surface area contributed by atoms with Gasteiger partial charge in [-0.25, -0.2) is 0 Å². The van der Waals surface area contributed by atoms with Crippen molar-refractivity contribution in [2.45, 2.75) is 13.8 Å². The number of hydrogen-bond acceptors (Lipinski definition) is 4. The van der Waals surface area contributed by atoms with Crippen molar-refractivity contribution < 1.29 is 0 Å². The van der Waals surface area contributed by atoms with E-state index >= 15 is 0 Å². The SMILES string of the molecule is C/C(=N\N=C/c1ccccc1)c1ccc(/C(C)=N/N=C\c2ccccc2)n1C. The van der Waals surface area contributed by atoms with Crippen LogP contribution >= 0.6 is 0 Å². The molecular formula is C23H23N5. The van der Waals surface area contributed by atoms with Crippen molar-refractivity contribution in [3.8, 4) is 0 Å². The summed E-state index contributed by atoms with van der Waals surface area (Å²) in [7, 11) is 1.99. The van der Waals surface area contributed by atoms with Gasteiger partial charge >= 0.3 is 0 Å². The van der Waals surface area contributed by atoms with Crippen LogP contribution in [0.2, 0.25) is 0 Å². The quantitative estimate of drug-likeness (QED) is 0.446. The molecule has 0 saturated carbocycles. The summed E-state index contributed by atoms with van der Waals surface area (Å²) in [6.07, 6.45) is 3.50. The molecule has 5 heteroatoms. The van der Waals surface area contributed by atoms with Gasteiger partial charge in [0.05, 0.1) is 35.2 Å². The van der Waals surface area contributed by atoms with E-state index in [2.05, 4.69) is 20.4 Å². The van der Waals surface area contributed by atoms with Gasteiger partial charge in [-0.15, -0.1) is 0 Å². The Morgan fingerprint density at radius 2 is 1.04 bits per heavy atom. The maximum atomic E-state index is 4.32. The fraction of sp³-hybridized carbons (Fsp3) is 0.130. The lowest BCUT2D eigenvalue weighted by molar-refractivity contribution is 0.897. The molecule has 28 heavy (non-hydrogen) atoms. The summed E-state index contributed by atoms with van der Waals surface area (Å²) >= 11 is 0. The van der Waals surface area contributed by atoms with E-state index in [1.165, 1.54) is 0 Å². The number of benzene rings is 2. The molecule has 1 aromatic heterocycles. The molecule has 0 aliphatic heterocycles. The second kappa shape index (κ2) is 9.37. The number of nitrogens with zero attached hydrogens (tertiary/aromatic N) is 5. The molecule has 1 heterocycles. The van der Waals surface area contributed by atoms with Gasteiger partial charge in [0.1, 0.15) is 0 Å². The number of hydrogen-bond donors (Lipinski definition) is 0. The molecule has 0 aliphatic carbocycles. The van der Waals surface area contributed by atoms with Gasteiger partial charge in [-0.1, -0.05) is 60.7 Å². The topological polar surface area (TPSA) is 54.4 Å². The van der Waals surface area contributed by atoms with Gasteiger partial charge in [0.15, 0.2) is 0 Å². The molecule has 0 radical (unpaired) electrons. The Kier molecular flexibility index (Phi) is 6.41. The molecular weight excluding hydrogens is 346 g/mol. The molecule has 0 spiro atoms. The molecule has 140 valence electrons. The van der Waals surface area contributed by atoms with Crippen molar-refractivity contribution in [2.24, 2.45) is 27.5 Å². The van der Waals surface area contributed by atoms with Crippen LogP contribution in [-0.2, 0) is 7.05 Å². The molecule has 0 N–H and O–H groups in total. The third-order valence-corrected chi connectivity index (χ3v) is 4.29. The van der Waals surface area contributed by atoms with E-state index in [9.17, 15) is 0 Å². The molecule has 3 aromatic rings. The molecule has 0 fully saturated rings. The van der Waals surface area contributed by atoms with Crippen molar-refractivity contribution in [3.05, 3.63) is 95.3 Å². The van der Waals surface area contributed by atoms with Gasteiger partial charge in [0.2, 0.25) is 0 Å². The molecule has 0 bridgehead atoms. The number of aromatic nitrogens is 1. The average Bonchev–Trinajstić information content (AvgIpc) is 3.11. The van der Waals surface area contributed by atoms with Crippen LogP contribution in [0.1, 0.15) is 36.4 Å². The average molecular weight is 369 g/mol. The predicted molar refractivity (Wildman–Crippen MR) is 118 cm³/mol. The molecule has 0 amide bonds. The first kappa shape index (κ1) is 19.2. The molecule has 0 atom stereocenters. The standard InChI is InChI=1S/C23H23N5/c1-18(26-24-16-20-10-6-4-7-11-20)22-14-15-23(28(22)3)19(2)27-25-17-21-12-8-5-9-13-21/h4-17H,1-3H3/b24-16-,25-17-,26-18+,27-19+. The summed E-state index contributed by atoms with van der Waals surface area (Å²) in [4.78, 5) is 0. The summed E-state index contributed by atoms with van der Waals surface area (Å²) in [5, 5.41) is 17.0. The highest BCUT2D eigenvalue weighted by molar-refractivity contribution is 6.02. The zero-order valence-electron chi connectivity index (χ0n) is 16.3. The minimum absolute atomic E-state index is 0.835. The monoisotopic (exact) mass is 369 g/mol. The second-order valence-corrected chi connectivity index (χ2v) is 6.34. The molecule has 0 saturated heterocycles. The van der Waals surface area contributed by atoms with Crippen molar-refractivity contribution >= 4 is 23.9 Å². The summed E-state index contributed by atoms with van der Waals surface area (Å²) < 4.78 is 2.05. The summed E-state index contributed by atoms with van der Waals surface area (Å²) in [5.41, 5.74) is 5.68. The van der Waals surface area contributed by atoms with Crippen LogP contribution < -0.4 is 0 Å². The van der Waals surface area contributed by atoms with Crippen molar-refractivity contribution in [1.29, 1.82) is 0 Å². The van der Waals surface area contributed by atoms with Gasteiger partial charge in [0.25, 0.3) is 0 Å². The fourth-order valence-corrected chi connectivity index (χ4v) is 2.78. The van der Waals surface area contributed by atoms with Gasteiger partial charge in [-0.3, -0.25) is 0 Å². The summed E-state index contributed by atoms with van der Waals surface area (Å²) in [5.74, 6) is 0. The van der Waals surface area contributed by atoms with Crippen molar-refractivity contribution in [2.75, 3.05) is 0 Å². The lowest BCUT2D eigenvalue weighted by Crippen LogP contribution is -2.08. The lowest BCUT2D eigenvalue weighted by Gasteiger charge is -2.06. The second-order valence-electron chi connectivity index (χ2n) is 6.34. The van der Waals surface area contributed by atoms with Crippen LogP contribution in [0.3, 0.4) is 0 Å². The minimum atomic E-state index is 0.835. The Hall–Kier alpha value is -3.60. The smallest absolute Gasteiger partial charge is 0.0835 e. The van der Waals surface area contributed by atoms with E-state index < -0.39 is 0 Å². The van der Waals surface area contributed by atoms with Gasteiger partial charge in [-0.2, -0.15) is 20.4 Å². The largest absolute Gasteiger partial charge is 0.342 e. The first-order valence-electron chi connectivity index (χ1n) is 9.07. The molecule has 0 aliphatic rings. The first-order chi connectivity index (χ1) is 13.6. The molecule has 0 unspecified atom stereocenters. The third-order valence-electron chi connectivity index (χ3n) is 4.29. The minimum Gasteiger partial charge on any atom is -0.342 e. The highest BCUT2D eigenvalue weighted by Gasteiger charge is 2.09. The molecule has 3 rings (SSSR count). The van der Waals surface area contributed by atoms with Crippen LogP contribution in [0, 0.1) is 0 Å². The Morgan fingerprint density at radius 3 is 1.43 bits per heavy atom. The van der Waals surface area contributed by atoms with Gasteiger partial charge in [-0.05, 0) is 37.1 Å². The first-order valence-corrected chi connectivity index (χ1v) is 9.07. The van der Waals surface area contributed by atoms with Crippen LogP contribution in [0.25, 0.3) is 0 Å². The van der Waals surface area contributed by atoms with Crippen LogP contribution in [0.15, 0.2) is 93.2 Å². The molecule has 2 aromatic carbocycles.